The van der Waals surface area contributed by atoms with Gasteiger partial charge in [-0.1, -0.05) is 6.07 Å². The minimum absolute atomic E-state index is 0.306. The molecule has 7 heteroatoms. The summed E-state index contributed by atoms with van der Waals surface area (Å²) in [5, 5.41) is 13.4. The highest BCUT2D eigenvalue weighted by Gasteiger charge is 2.14. The van der Waals surface area contributed by atoms with Crippen LogP contribution in [-0.4, -0.2) is 54.4 Å². The Hall–Kier alpha value is -1.86. The fourth-order valence-electron chi connectivity index (χ4n) is 2.85. The molecule has 0 radical (unpaired) electrons. The van der Waals surface area contributed by atoms with Gasteiger partial charge in [0.2, 0.25) is 0 Å². The lowest BCUT2D eigenvalue weighted by Crippen LogP contribution is -2.38. The van der Waals surface area contributed by atoms with Crippen molar-refractivity contribution in [3.05, 3.63) is 39.8 Å². The van der Waals surface area contributed by atoms with Gasteiger partial charge in [0.25, 0.3) is 0 Å². The van der Waals surface area contributed by atoms with Crippen molar-refractivity contribution >= 4 is 17.3 Å². The largest absolute Gasteiger partial charge is 0.357 e. The molecule has 2 heterocycles. The zero-order valence-electron chi connectivity index (χ0n) is 16.6. The highest BCUT2D eigenvalue weighted by molar-refractivity contribution is 7.10. The summed E-state index contributed by atoms with van der Waals surface area (Å²) in [7, 11) is 4.21. The van der Waals surface area contributed by atoms with Crippen molar-refractivity contribution in [2.24, 2.45) is 4.99 Å². The Morgan fingerprint density at radius 2 is 2.15 bits per heavy atom. The quantitative estimate of drug-likeness (QED) is 0.401. The first-order valence-electron chi connectivity index (χ1n) is 9.24. The zero-order chi connectivity index (χ0) is 18.9. The molecule has 0 bridgehead atoms. The second kappa shape index (κ2) is 10.3. The van der Waals surface area contributed by atoms with Crippen molar-refractivity contribution in [2.75, 3.05) is 33.7 Å². The van der Waals surface area contributed by atoms with Crippen LogP contribution in [0.15, 0.2) is 28.6 Å². The minimum atomic E-state index is 0.306. The van der Waals surface area contributed by atoms with E-state index < -0.39 is 0 Å². The van der Waals surface area contributed by atoms with Crippen LogP contribution in [0.3, 0.4) is 0 Å². The van der Waals surface area contributed by atoms with Crippen molar-refractivity contribution in [1.82, 2.24) is 25.3 Å². The van der Waals surface area contributed by atoms with E-state index in [4.69, 9.17) is 4.99 Å². The molecule has 1 unspecified atom stereocenters. The number of thiophene rings is 1. The summed E-state index contributed by atoms with van der Waals surface area (Å²) in [5.41, 5.74) is 2.29. The fraction of sp³-hybridized carbons (Fsp3) is 0.579. The van der Waals surface area contributed by atoms with Crippen molar-refractivity contribution < 1.29 is 0 Å². The molecule has 0 fully saturated rings. The van der Waals surface area contributed by atoms with Crippen LogP contribution in [0.25, 0.3) is 0 Å². The smallest absolute Gasteiger partial charge is 0.191 e. The monoisotopic (exact) mass is 376 g/mol. The van der Waals surface area contributed by atoms with E-state index in [-0.39, 0.29) is 0 Å². The summed E-state index contributed by atoms with van der Waals surface area (Å²) in [4.78, 5) is 8.36. The van der Waals surface area contributed by atoms with Crippen LogP contribution in [0.1, 0.15) is 35.7 Å². The number of aliphatic imine (C=N–C) groups is 1. The van der Waals surface area contributed by atoms with Gasteiger partial charge in [-0.05, 0) is 58.8 Å². The molecule has 2 N–H and O–H groups in total. The Labute approximate surface area is 161 Å². The van der Waals surface area contributed by atoms with E-state index >= 15 is 0 Å². The van der Waals surface area contributed by atoms with Gasteiger partial charge in [-0.2, -0.15) is 5.10 Å². The third-order valence-corrected chi connectivity index (χ3v) is 5.18. The van der Waals surface area contributed by atoms with Gasteiger partial charge in [-0.25, -0.2) is 0 Å². The van der Waals surface area contributed by atoms with E-state index in [1.807, 2.05) is 6.92 Å². The van der Waals surface area contributed by atoms with Gasteiger partial charge in [0, 0.05) is 30.2 Å². The van der Waals surface area contributed by atoms with Crippen LogP contribution in [0.2, 0.25) is 0 Å². The van der Waals surface area contributed by atoms with E-state index in [0.29, 0.717) is 6.04 Å². The van der Waals surface area contributed by atoms with Gasteiger partial charge in [0.15, 0.2) is 5.96 Å². The standard InChI is InChI=1S/C19H32N6S/c1-6-20-19(21-10-8-11-25-16(3)13-15(2)23-25)22-14-17(24(4)5)18-9-7-12-26-18/h7,9,12-13,17H,6,8,10-11,14H2,1-5H3,(H2,20,21,22). The predicted octanol–water partition coefficient (Wildman–Crippen LogP) is 2.81. The molecule has 2 aromatic rings. The van der Waals surface area contributed by atoms with Gasteiger partial charge >= 0.3 is 0 Å². The molecule has 0 saturated heterocycles. The molecule has 2 rings (SSSR count). The first kappa shape index (κ1) is 20.5. The Morgan fingerprint density at radius 1 is 1.35 bits per heavy atom. The third kappa shape index (κ3) is 6.14. The van der Waals surface area contributed by atoms with E-state index in [9.17, 15) is 0 Å². The number of guanidine groups is 1. The normalized spacial score (nSPS) is 13.2. The summed E-state index contributed by atoms with van der Waals surface area (Å²) >= 11 is 1.79. The minimum Gasteiger partial charge on any atom is -0.357 e. The highest BCUT2D eigenvalue weighted by Crippen LogP contribution is 2.23. The molecule has 0 aromatic carbocycles. The molecular formula is C19H32N6S. The molecule has 2 aromatic heterocycles. The lowest BCUT2D eigenvalue weighted by atomic mass is 10.2. The number of hydrogen-bond acceptors (Lipinski definition) is 4. The molecule has 6 nitrogen and oxygen atoms in total. The molecule has 144 valence electrons. The van der Waals surface area contributed by atoms with Gasteiger partial charge in [0.1, 0.15) is 0 Å². The van der Waals surface area contributed by atoms with Crippen LogP contribution in [0, 0.1) is 13.8 Å². The second-order valence-electron chi connectivity index (χ2n) is 6.65. The Morgan fingerprint density at radius 3 is 2.73 bits per heavy atom. The van der Waals surface area contributed by atoms with Crippen LogP contribution in [0.4, 0.5) is 0 Å². The molecule has 0 spiro atoms. The maximum atomic E-state index is 4.79. The molecule has 0 aliphatic carbocycles. The van der Waals surface area contributed by atoms with Crippen LogP contribution in [0.5, 0.6) is 0 Å². The molecule has 0 aliphatic rings. The van der Waals surface area contributed by atoms with Crippen LogP contribution in [-0.2, 0) is 6.54 Å². The number of rotatable bonds is 9. The molecular weight excluding hydrogens is 344 g/mol. The summed E-state index contributed by atoms with van der Waals surface area (Å²) in [5.74, 6) is 0.879. The first-order valence-corrected chi connectivity index (χ1v) is 10.1. The third-order valence-electron chi connectivity index (χ3n) is 4.20. The molecule has 1 atom stereocenters. The van der Waals surface area contributed by atoms with E-state index in [2.05, 4.69) is 76.8 Å². The second-order valence-corrected chi connectivity index (χ2v) is 7.62. The Kier molecular flexibility index (Phi) is 8.12. The van der Waals surface area contributed by atoms with Gasteiger partial charge in [-0.15, -0.1) is 11.3 Å². The van der Waals surface area contributed by atoms with Gasteiger partial charge in [-0.3, -0.25) is 9.67 Å². The number of hydrogen-bond donors (Lipinski definition) is 2. The van der Waals surface area contributed by atoms with Crippen molar-refractivity contribution in [3.8, 4) is 0 Å². The maximum absolute atomic E-state index is 4.79. The van der Waals surface area contributed by atoms with E-state index in [0.717, 1.165) is 44.3 Å². The highest BCUT2D eigenvalue weighted by atomic mass is 32.1. The Bertz CT molecular complexity index is 674. The average molecular weight is 377 g/mol. The average Bonchev–Trinajstić information content (AvgIpc) is 3.21. The lowest BCUT2D eigenvalue weighted by Gasteiger charge is -2.22. The summed E-state index contributed by atoms with van der Waals surface area (Å²) in [6, 6.07) is 6.70. The molecule has 26 heavy (non-hydrogen) atoms. The summed E-state index contributed by atoms with van der Waals surface area (Å²) in [6.45, 7) is 9.61. The Balaban J connectivity index is 1.86. The number of likely N-dealkylation sites (N-methyl/N-ethyl adjacent to an activating group) is 1. The van der Waals surface area contributed by atoms with Crippen LogP contribution >= 0.6 is 11.3 Å². The molecule has 0 amide bonds. The number of nitrogens with zero attached hydrogens (tertiary/aromatic N) is 4. The van der Waals surface area contributed by atoms with Crippen LogP contribution < -0.4 is 10.6 Å². The van der Waals surface area contributed by atoms with Crippen molar-refractivity contribution in [1.29, 1.82) is 0 Å². The van der Waals surface area contributed by atoms with Gasteiger partial charge < -0.3 is 15.5 Å². The zero-order valence-corrected chi connectivity index (χ0v) is 17.4. The topological polar surface area (TPSA) is 57.5 Å². The van der Waals surface area contributed by atoms with Crippen molar-refractivity contribution in [2.45, 2.75) is 39.8 Å². The fourth-order valence-corrected chi connectivity index (χ4v) is 3.76. The number of aromatic nitrogens is 2. The predicted molar refractivity (Wildman–Crippen MR) is 111 cm³/mol. The van der Waals surface area contributed by atoms with E-state index in [1.54, 1.807) is 11.3 Å². The maximum Gasteiger partial charge on any atom is 0.191 e. The van der Waals surface area contributed by atoms with Crippen molar-refractivity contribution in [3.63, 3.8) is 0 Å². The van der Waals surface area contributed by atoms with E-state index in [1.165, 1.54) is 10.6 Å². The molecule has 0 aliphatic heterocycles. The number of aryl methyl sites for hydroxylation is 3. The first-order chi connectivity index (χ1) is 12.5. The lowest BCUT2D eigenvalue weighted by molar-refractivity contribution is 0.310. The summed E-state index contributed by atoms with van der Waals surface area (Å²) < 4.78 is 2.07. The summed E-state index contributed by atoms with van der Waals surface area (Å²) in [6.07, 6.45) is 1.01. The van der Waals surface area contributed by atoms with Gasteiger partial charge in [0.05, 0.1) is 18.3 Å². The number of nitrogens with one attached hydrogen (secondary N) is 2. The molecule has 0 saturated carbocycles. The SMILES string of the molecule is CCNC(=NCC(c1cccs1)N(C)C)NCCCn1nc(C)cc1C.